The minimum Gasteiger partial charge on any atom is -0.486 e. The second-order valence-corrected chi connectivity index (χ2v) is 5.37. The van der Waals surface area contributed by atoms with Gasteiger partial charge in [-0.25, -0.2) is 0 Å². The number of hydrogen-bond acceptors (Lipinski definition) is 5. The normalized spacial score (nSPS) is 20.3. The van der Waals surface area contributed by atoms with Gasteiger partial charge in [-0.15, -0.1) is 0 Å². The average molecular weight is 264 g/mol. The van der Waals surface area contributed by atoms with Crippen LogP contribution in [0.25, 0.3) is 0 Å². The van der Waals surface area contributed by atoms with E-state index in [1.165, 1.54) is 0 Å². The Hall–Kier alpha value is -1.62. The van der Waals surface area contributed by atoms with E-state index in [-0.39, 0.29) is 0 Å². The van der Waals surface area contributed by atoms with Crippen LogP contribution in [0.1, 0.15) is 25.7 Å². The van der Waals surface area contributed by atoms with Crippen LogP contribution in [-0.4, -0.2) is 30.5 Å². The molecule has 1 aliphatic heterocycles. The molecule has 2 aliphatic rings. The SMILES string of the molecule is Nc1cc2c(cc1NCC1(O)CCCC1)OCCO2. The van der Waals surface area contributed by atoms with Gasteiger partial charge in [0.15, 0.2) is 11.5 Å². The van der Waals surface area contributed by atoms with Gasteiger partial charge in [-0.05, 0) is 12.8 Å². The van der Waals surface area contributed by atoms with Gasteiger partial charge in [0.25, 0.3) is 0 Å². The summed E-state index contributed by atoms with van der Waals surface area (Å²) in [4.78, 5) is 0. The number of benzene rings is 1. The van der Waals surface area contributed by atoms with Crippen molar-refractivity contribution in [1.29, 1.82) is 0 Å². The highest BCUT2D eigenvalue weighted by atomic mass is 16.6. The van der Waals surface area contributed by atoms with Gasteiger partial charge in [-0.1, -0.05) is 12.8 Å². The van der Waals surface area contributed by atoms with E-state index in [4.69, 9.17) is 15.2 Å². The number of hydrogen-bond donors (Lipinski definition) is 3. The smallest absolute Gasteiger partial charge is 0.163 e. The Morgan fingerprint density at radius 2 is 1.79 bits per heavy atom. The van der Waals surface area contributed by atoms with E-state index in [1.807, 2.05) is 6.07 Å². The molecule has 1 fully saturated rings. The Morgan fingerprint density at radius 3 is 2.47 bits per heavy atom. The molecule has 4 N–H and O–H groups in total. The molecule has 0 amide bonds. The van der Waals surface area contributed by atoms with Gasteiger partial charge in [-0.2, -0.15) is 0 Å². The van der Waals surface area contributed by atoms with Crippen molar-refractivity contribution < 1.29 is 14.6 Å². The Morgan fingerprint density at radius 1 is 1.16 bits per heavy atom. The fourth-order valence-corrected chi connectivity index (χ4v) is 2.73. The first-order valence-electron chi connectivity index (χ1n) is 6.82. The summed E-state index contributed by atoms with van der Waals surface area (Å²) in [6, 6.07) is 3.62. The van der Waals surface area contributed by atoms with Crippen molar-refractivity contribution in [2.45, 2.75) is 31.3 Å². The Labute approximate surface area is 112 Å². The standard InChI is InChI=1S/C14H20N2O3/c15-10-7-12-13(19-6-5-18-12)8-11(10)16-9-14(17)3-1-2-4-14/h7-8,16-17H,1-6,9,15H2. The Bertz CT molecular complexity index is 470. The third-order valence-corrected chi connectivity index (χ3v) is 3.86. The summed E-state index contributed by atoms with van der Waals surface area (Å²) in [5.74, 6) is 1.40. The van der Waals surface area contributed by atoms with Crippen LogP contribution in [-0.2, 0) is 0 Å². The third kappa shape index (κ3) is 2.56. The van der Waals surface area contributed by atoms with Crippen molar-refractivity contribution in [1.82, 2.24) is 0 Å². The van der Waals surface area contributed by atoms with Crippen molar-refractivity contribution >= 4 is 11.4 Å². The lowest BCUT2D eigenvalue weighted by molar-refractivity contribution is 0.0615. The highest BCUT2D eigenvalue weighted by Gasteiger charge is 2.31. The Balaban J connectivity index is 1.73. The summed E-state index contributed by atoms with van der Waals surface area (Å²) in [7, 11) is 0. The largest absolute Gasteiger partial charge is 0.486 e. The fourth-order valence-electron chi connectivity index (χ4n) is 2.73. The van der Waals surface area contributed by atoms with Gasteiger partial charge in [0.2, 0.25) is 0 Å². The molecule has 0 atom stereocenters. The molecule has 5 heteroatoms. The number of fused-ring (bicyclic) bond motifs is 1. The van der Waals surface area contributed by atoms with Crippen LogP contribution in [0, 0.1) is 0 Å². The maximum absolute atomic E-state index is 10.3. The molecule has 0 unspecified atom stereocenters. The summed E-state index contributed by atoms with van der Waals surface area (Å²) in [6.45, 7) is 1.64. The van der Waals surface area contributed by atoms with E-state index in [0.717, 1.165) is 31.4 Å². The first kappa shape index (κ1) is 12.4. The summed E-state index contributed by atoms with van der Waals surface area (Å²) in [5.41, 5.74) is 6.81. The van der Waals surface area contributed by atoms with Crippen molar-refractivity contribution in [3.05, 3.63) is 12.1 Å². The van der Waals surface area contributed by atoms with Crippen molar-refractivity contribution in [2.75, 3.05) is 30.8 Å². The van der Waals surface area contributed by atoms with E-state index < -0.39 is 5.60 Å². The molecule has 1 aromatic carbocycles. The van der Waals surface area contributed by atoms with Gasteiger partial charge in [0.05, 0.1) is 17.0 Å². The number of rotatable bonds is 3. The highest BCUT2D eigenvalue weighted by Crippen LogP contribution is 2.37. The predicted molar refractivity (Wildman–Crippen MR) is 73.8 cm³/mol. The van der Waals surface area contributed by atoms with Crippen LogP contribution in [0.2, 0.25) is 0 Å². The van der Waals surface area contributed by atoms with Crippen LogP contribution >= 0.6 is 0 Å². The van der Waals surface area contributed by atoms with Crippen molar-refractivity contribution in [3.63, 3.8) is 0 Å². The number of nitrogen functional groups attached to an aromatic ring is 1. The summed E-state index contributed by atoms with van der Waals surface area (Å²) in [6.07, 6.45) is 3.89. The molecule has 0 spiro atoms. The van der Waals surface area contributed by atoms with Crippen LogP contribution in [0.15, 0.2) is 12.1 Å². The van der Waals surface area contributed by atoms with Crippen molar-refractivity contribution in [2.24, 2.45) is 0 Å². The number of anilines is 2. The van der Waals surface area contributed by atoms with Crippen LogP contribution in [0.3, 0.4) is 0 Å². The maximum Gasteiger partial charge on any atom is 0.163 e. The van der Waals surface area contributed by atoms with Gasteiger partial charge in [0, 0.05) is 18.7 Å². The molecule has 1 aliphatic carbocycles. The second-order valence-electron chi connectivity index (χ2n) is 5.37. The molecular weight excluding hydrogens is 244 g/mol. The lowest BCUT2D eigenvalue weighted by atomic mass is 10.0. The average Bonchev–Trinajstić information content (AvgIpc) is 2.84. The van der Waals surface area contributed by atoms with Crippen LogP contribution < -0.4 is 20.5 Å². The van der Waals surface area contributed by atoms with Gasteiger partial charge in [0.1, 0.15) is 13.2 Å². The van der Waals surface area contributed by atoms with E-state index in [9.17, 15) is 5.11 Å². The first-order valence-corrected chi connectivity index (χ1v) is 6.82. The third-order valence-electron chi connectivity index (χ3n) is 3.86. The lowest BCUT2D eigenvalue weighted by Crippen LogP contribution is -2.33. The van der Waals surface area contributed by atoms with E-state index in [2.05, 4.69) is 5.32 Å². The molecule has 0 radical (unpaired) electrons. The number of aliphatic hydroxyl groups is 1. The number of nitrogens with one attached hydrogen (secondary N) is 1. The monoisotopic (exact) mass is 264 g/mol. The highest BCUT2D eigenvalue weighted by molar-refractivity contribution is 5.72. The molecule has 5 nitrogen and oxygen atoms in total. The van der Waals surface area contributed by atoms with Crippen LogP contribution in [0.4, 0.5) is 11.4 Å². The second kappa shape index (κ2) is 4.81. The van der Waals surface area contributed by atoms with E-state index >= 15 is 0 Å². The summed E-state index contributed by atoms with van der Waals surface area (Å²) < 4.78 is 11.0. The molecule has 1 aromatic rings. The van der Waals surface area contributed by atoms with E-state index in [1.54, 1.807) is 6.07 Å². The van der Waals surface area contributed by atoms with Gasteiger partial charge >= 0.3 is 0 Å². The van der Waals surface area contributed by atoms with Crippen molar-refractivity contribution in [3.8, 4) is 11.5 Å². The molecule has 1 saturated carbocycles. The quantitative estimate of drug-likeness (QED) is 0.725. The summed E-state index contributed by atoms with van der Waals surface area (Å²) in [5, 5.41) is 13.6. The molecule has 104 valence electrons. The zero-order valence-corrected chi connectivity index (χ0v) is 10.9. The number of ether oxygens (including phenoxy) is 2. The topological polar surface area (TPSA) is 76.7 Å². The fraction of sp³-hybridized carbons (Fsp3) is 0.571. The molecule has 0 aromatic heterocycles. The molecular formula is C14H20N2O3. The molecule has 1 heterocycles. The molecule has 3 rings (SSSR count). The minimum atomic E-state index is -0.598. The maximum atomic E-state index is 10.3. The van der Waals surface area contributed by atoms with Gasteiger partial charge < -0.3 is 25.6 Å². The molecule has 19 heavy (non-hydrogen) atoms. The number of nitrogens with two attached hydrogens (primary N) is 1. The first-order chi connectivity index (χ1) is 9.16. The van der Waals surface area contributed by atoms with Gasteiger partial charge in [-0.3, -0.25) is 0 Å². The molecule has 0 bridgehead atoms. The molecule has 0 saturated heterocycles. The lowest BCUT2D eigenvalue weighted by Gasteiger charge is -2.25. The minimum absolute atomic E-state index is 0.525. The van der Waals surface area contributed by atoms with E-state index in [0.29, 0.717) is 36.9 Å². The zero-order valence-electron chi connectivity index (χ0n) is 10.9. The Kier molecular flexibility index (Phi) is 3.14. The zero-order chi connectivity index (χ0) is 13.3. The van der Waals surface area contributed by atoms with Crippen LogP contribution in [0.5, 0.6) is 11.5 Å². The summed E-state index contributed by atoms with van der Waals surface area (Å²) >= 11 is 0. The predicted octanol–water partition coefficient (Wildman–Crippen LogP) is 1.76.